The highest BCUT2D eigenvalue weighted by atomic mass is 16.5. The van der Waals surface area contributed by atoms with Crippen LogP contribution in [0.15, 0.2) is 47.0 Å². The fourth-order valence-electron chi connectivity index (χ4n) is 2.87. The number of hydrogen-bond acceptors (Lipinski definition) is 6. The number of rotatable bonds is 8. The van der Waals surface area contributed by atoms with E-state index < -0.39 is 0 Å². The van der Waals surface area contributed by atoms with Gasteiger partial charge in [-0.3, -0.25) is 9.59 Å². The van der Waals surface area contributed by atoms with Crippen molar-refractivity contribution in [2.75, 3.05) is 13.7 Å². The molecule has 1 atom stereocenters. The molecule has 2 aliphatic carbocycles. The van der Waals surface area contributed by atoms with Gasteiger partial charge in [-0.25, -0.2) is 0 Å². The molecule has 7 nitrogen and oxygen atoms in total. The van der Waals surface area contributed by atoms with E-state index in [9.17, 15) is 9.59 Å². The van der Waals surface area contributed by atoms with Crippen LogP contribution in [-0.4, -0.2) is 31.6 Å². The first-order chi connectivity index (χ1) is 12.5. The quantitative estimate of drug-likeness (QED) is 0.565. The van der Waals surface area contributed by atoms with Gasteiger partial charge in [0.2, 0.25) is 5.91 Å². The van der Waals surface area contributed by atoms with E-state index in [1.54, 1.807) is 19.3 Å². The maximum absolute atomic E-state index is 11.9. The molecular weight excluding hydrogens is 334 g/mol. The van der Waals surface area contributed by atoms with Crippen LogP contribution in [0.4, 0.5) is 0 Å². The smallest absolute Gasteiger partial charge is 0.306 e. The zero-order valence-corrected chi connectivity index (χ0v) is 15.1. The maximum atomic E-state index is 11.9. The lowest BCUT2D eigenvalue weighted by atomic mass is 9.99. The zero-order valence-electron chi connectivity index (χ0n) is 15.1. The van der Waals surface area contributed by atoms with Gasteiger partial charge in [0.25, 0.3) is 0 Å². The minimum atomic E-state index is -0.297. The molecule has 2 aliphatic rings. The largest absolute Gasteiger partial charge is 0.501 e. The summed E-state index contributed by atoms with van der Waals surface area (Å²) in [7, 11) is 1.66. The van der Waals surface area contributed by atoms with E-state index in [2.05, 4.69) is 5.32 Å². The Hall–Kier alpha value is -2.70. The molecule has 0 saturated heterocycles. The second kappa shape index (κ2) is 9.70. The number of esters is 1. The van der Waals surface area contributed by atoms with Gasteiger partial charge < -0.3 is 26.3 Å². The van der Waals surface area contributed by atoms with Crippen molar-refractivity contribution in [2.45, 2.75) is 44.6 Å². The van der Waals surface area contributed by atoms with Crippen molar-refractivity contribution in [1.29, 1.82) is 0 Å². The number of nitrogens with one attached hydrogen (secondary N) is 1. The summed E-state index contributed by atoms with van der Waals surface area (Å²) in [6.45, 7) is 0.0642. The molecule has 0 aromatic rings. The van der Waals surface area contributed by atoms with Gasteiger partial charge in [-0.2, -0.15) is 0 Å². The van der Waals surface area contributed by atoms with Crippen molar-refractivity contribution in [1.82, 2.24) is 5.32 Å². The fraction of sp³-hybridized carbons (Fsp3) is 0.474. The van der Waals surface area contributed by atoms with Gasteiger partial charge in [-0.1, -0.05) is 11.6 Å². The molecule has 0 saturated carbocycles. The van der Waals surface area contributed by atoms with E-state index in [0.717, 1.165) is 18.6 Å². The number of amides is 1. The number of ether oxygens (including phenoxy) is 2. The summed E-state index contributed by atoms with van der Waals surface area (Å²) in [5.74, 6) is 0.456. The molecular formula is C19H27N3O4. The first-order valence-electron chi connectivity index (χ1n) is 8.77. The monoisotopic (exact) mass is 361 g/mol. The number of hydrogen-bond donors (Lipinski definition) is 3. The van der Waals surface area contributed by atoms with Gasteiger partial charge in [0, 0.05) is 30.7 Å². The lowest BCUT2D eigenvalue weighted by molar-refractivity contribution is -0.144. The van der Waals surface area contributed by atoms with E-state index in [1.165, 1.54) is 5.57 Å². The van der Waals surface area contributed by atoms with Crippen LogP contribution in [0.2, 0.25) is 0 Å². The van der Waals surface area contributed by atoms with E-state index in [0.29, 0.717) is 30.7 Å². The maximum Gasteiger partial charge on any atom is 0.306 e. The Labute approximate surface area is 153 Å². The predicted octanol–water partition coefficient (Wildman–Crippen LogP) is 1.52. The average molecular weight is 361 g/mol. The summed E-state index contributed by atoms with van der Waals surface area (Å²) < 4.78 is 10.3. The third-order valence-corrected chi connectivity index (χ3v) is 4.25. The molecule has 0 bridgehead atoms. The average Bonchev–Trinajstić information content (AvgIpc) is 2.59. The molecule has 2 rings (SSSR count). The normalized spacial score (nSPS) is 19.5. The number of carbonyl (C=O) groups is 2. The van der Waals surface area contributed by atoms with Crippen molar-refractivity contribution < 1.29 is 19.1 Å². The van der Waals surface area contributed by atoms with E-state index in [4.69, 9.17) is 20.9 Å². The second-order valence-electron chi connectivity index (χ2n) is 6.40. The van der Waals surface area contributed by atoms with Crippen LogP contribution in [0.1, 0.15) is 38.5 Å². The highest BCUT2D eigenvalue weighted by Gasteiger charge is 2.15. The summed E-state index contributed by atoms with van der Waals surface area (Å²) in [5.41, 5.74) is 13.8. The van der Waals surface area contributed by atoms with Gasteiger partial charge in [0.15, 0.2) is 0 Å². The highest BCUT2D eigenvalue weighted by molar-refractivity contribution is 5.77. The SMILES string of the molecule is COC1=CC=C(CCC(=O)OCCC(=O)NC2C=C(N)C=C(N)C2)CC1. The van der Waals surface area contributed by atoms with Gasteiger partial charge in [0.05, 0.1) is 25.3 Å². The van der Waals surface area contributed by atoms with Crippen LogP contribution in [0.25, 0.3) is 0 Å². The fourth-order valence-corrected chi connectivity index (χ4v) is 2.87. The Morgan fingerprint density at radius 2 is 2.04 bits per heavy atom. The molecule has 1 amide bonds. The molecule has 0 aromatic carbocycles. The number of nitrogens with two attached hydrogens (primary N) is 2. The molecule has 7 heteroatoms. The van der Waals surface area contributed by atoms with Crippen LogP contribution < -0.4 is 16.8 Å². The summed E-state index contributed by atoms with van der Waals surface area (Å²) in [6.07, 6.45) is 10.7. The first-order valence-corrected chi connectivity index (χ1v) is 8.77. The Morgan fingerprint density at radius 1 is 1.23 bits per heavy atom. The van der Waals surface area contributed by atoms with Crippen LogP contribution in [-0.2, 0) is 19.1 Å². The molecule has 1 unspecified atom stereocenters. The van der Waals surface area contributed by atoms with Crippen molar-refractivity contribution >= 4 is 11.9 Å². The van der Waals surface area contributed by atoms with Gasteiger partial charge >= 0.3 is 5.97 Å². The van der Waals surface area contributed by atoms with Gasteiger partial charge in [-0.15, -0.1) is 0 Å². The van der Waals surface area contributed by atoms with Gasteiger partial charge in [0.1, 0.15) is 6.61 Å². The van der Waals surface area contributed by atoms with Crippen molar-refractivity contribution in [3.8, 4) is 0 Å². The lowest BCUT2D eigenvalue weighted by Crippen LogP contribution is -2.37. The Morgan fingerprint density at radius 3 is 2.69 bits per heavy atom. The van der Waals surface area contributed by atoms with Crippen molar-refractivity contribution in [3.05, 3.63) is 47.0 Å². The molecule has 142 valence electrons. The van der Waals surface area contributed by atoms with Crippen molar-refractivity contribution in [2.24, 2.45) is 11.5 Å². The van der Waals surface area contributed by atoms with E-state index in [-0.39, 0.29) is 30.9 Å². The highest BCUT2D eigenvalue weighted by Crippen LogP contribution is 2.22. The van der Waals surface area contributed by atoms with Crippen LogP contribution in [0.3, 0.4) is 0 Å². The van der Waals surface area contributed by atoms with Crippen molar-refractivity contribution in [3.63, 3.8) is 0 Å². The third-order valence-electron chi connectivity index (χ3n) is 4.25. The predicted molar refractivity (Wildman–Crippen MR) is 98.3 cm³/mol. The topological polar surface area (TPSA) is 117 Å². The molecule has 0 spiro atoms. The summed E-state index contributed by atoms with van der Waals surface area (Å²) >= 11 is 0. The number of allylic oxidation sites excluding steroid dienone is 5. The number of carbonyl (C=O) groups excluding carboxylic acids is 2. The minimum Gasteiger partial charge on any atom is -0.501 e. The Balaban J connectivity index is 1.61. The molecule has 5 N–H and O–H groups in total. The molecule has 0 aromatic heterocycles. The zero-order chi connectivity index (χ0) is 18.9. The first kappa shape index (κ1) is 19.6. The summed E-state index contributed by atoms with van der Waals surface area (Å²) in [5, 5.41) is 2.81. The van der Waals surface area contributed by atoms with Crippen LogP contribution >= 0.6 is 0 Å². The summed E-state index contributed by atoms with van der Waals surface area (Å²) in [4.78, 5) is 23.7. The van der Waals surface area contributed by atoms with E-state index in [1.807, 2.05) is 12.2 Å². The Kier molecular flexibility index (Phi) is 7.32. The third kappa shape index (κ3) is 6.66. The standard InChI is InChI=1S/C19H27N3O4/c1-25-17-5-2-13(3-6-17)4-7-19(24)26-9-8-18(23)22-16-11-14(20)10-15(21)12-16/h2,5,10-11,16H,3-4,6-9,12,20-21H2,1H3,(H,22,23). The van der Waals surface area contributed by atoms with Crippen LogP contribution in [0.5, 0.6) is 0 Å². The summed E-state index contributed by atoms with van der Waals surface area (Å²) in [6, 6.07) is -0.216. The van der Waals surface area contributed by atoms with Crippen LogP contribution in [0, 0.1) is 0 Å². The minimum absolute atomic E-state index is 0.0642. The van der Waals surface area contributed by atoms with Gasteiger partial charge in [-0.05, 0) is 31.1 Å². The molecule has 0 fully saturated rings. The molecule has 0 heterocycles. The molecule has 0 radical (unpaired) electrons. The number of methoxy groups -OCH3 is 1. The molecule has 0 aliphatic heterocycles. The molecule has 26 heavy (non-hydrogen) atoms. The second-order valence-corrected chi connectivity index (χ2v) is 6.40. The Bertz CT molecular complexity index is 662. The van der Waals surface area contributed by atoms with E-state index >= 15 is 0 Å². The lowest BCUT2D eigenvalue weighted by Gasteiger charge is -2.19.